The minimum absolute atomic E-state index is 0.0296. The molecule has 43 nitrogen and oxygen atoms in total. The number of nitrogens with two attached hydrogens (primary N) is 2. The summed E-state index contributed by atoms with van der Waals surface area (Å²) in [6.45, 7) is 23.7. The summed E-state index contributed by atoms with van der Waals surface area (Å²) in [5.74, 6) is -15.0. The summed E-state index contributed by atoms with van der Waals surface area (Å²) >= 11 is 0. The maximum atomic E-state index is 15.6. The number of carboxylic acid groups (broad SMARTS) is 1. The van der Waals surface area contributed by atoms with Crippen LogP contribution in [0.15, 0.2) is 97.2 Å². The molecule has 150 heavy (non-hydrogen) atoms. The van der Waals surface area contributed by atoms with Crippen molar-refractivity contribution >= 4 is 128 Å². The monoisotopic (exact) mass is 2100 g/mol. The molecule has 9 amide bonds. The molecule has 0 saturated heterocycles. The number of aromatic amines is 1. The number of aromatic nitrogens is 1. The van der Waals surface area contributed by atoms with Gasteiger partial charge >= 0.3 is 5.97 Å². The predicted octanol–water partition coefficient (Wildman–Crippen LogP) is 1.85. The van der Waals surface area contributed by atoms with Crippen LogP contribution in [0.3, 0.4) is 0 Å². The van der Waals surface area contributed by atoms with E-state index in [2.05, 4.69) is 95.6 Å². The van der Waals surface area contributed by atoms with Crippen LogP contribution in [0.5, 0.6) is 5.75 Å². The van der Waals surface area contributed by atoms with E-state index in [0.717, 1.165) is 0 Å². The van der Waals surface area contributed by atoms with Crippen molar-refractivity contribution in [1.29, 1.82) is 0 Å². The molecule has 18 atom stereocenters. The highest BCUT2D eigenvalue weighted by Gasteiger charge is 2.44. The molecule has 0 fully saturated rings. The third-order valence-electron chi connectivity index (χ3n) is 26.7. The van der Waals surface area contributed by atoms with E-state index >= 15 is 28.8 Å². The number of phenolic OH excluding ortho intramolecular Hbond substituents is 1. The van der Waals surface area contributed by atoms with Gasteiger partial charge in [-0.25, -0.2) is 10.9 Å². The average Bonchev–Trinajstić information content (AvgIpc) is 1.38. The van der Waals surface area contributed by atoms with Crippen molar-refractivity contribution in [3.63, 3.8) is 0 Å². The number of carbonyl (C=O) groups is 20. The van der Waals surface area contributed by atoms with Crippen molar-refractivity contribution in [3.05, 3.63) is 114 Å². The van der Waals surface area contributed by atoms with Gasteiger partial charge in [-0.2, -0.15) is 0 Å². The fourth-order valence-corrected chi connectivity index (χ4v) is 16.8. The lowest BCUT2D eigenvalue weighted by Gasteiger charge is -2.34. The maximum absolute atomic E-state index is 15.6. The highest BCUT2D eigenvalue weighted by molar-refractivity contribution is 6.41. The van der Waals surface area contributed by atoms with Crippen molar-refractivity contribution in [1.82, 2.24) is 95.6 Å². The Morgan fingerprint density at radius 1 is 0.500 bits per heavy atom. The number of aliphatic hydroxyl groups excluding tert-OH is 1. The number of ketones is 10. The molecule has 1 aromatic heterocycles. The van der Waals surface area contributed by atoms with E-state index < -0.39 is 222 Å². The number of hydrazine groups is 1. The van der Waals surface area contributed by atoms with Crippen molar-refractivity contribution < 1.29 is 111 Å². The Balaban J connectivity index is 1.45. The molecular weight excluding hydrogens is 1930 g/mol. The number of phenols is 1. The lowest BCUT2D eigenvalue weighted by molar-refractivity contribution is -0.143. The highest BCUT2D eigenvalue weighted by atomic mass is 16.4. The molecule has 0 radical (unpaired) electrons. The zero-order valence-electron chi connectivity index (χ0n) is 89.5. The van der Waals surface area contributed by atoms with Gasteiger partial charge in [0.05, 0.1) is 91.1 Å². The number of primary amides is 2. The minimum Gasteiger partial charge on any atom is -0.508 e. The Morgan fingerprint density at radius 3 is 1.62 bits per heavy atom. The van der Waals surface area contributed by atoms with E-state index in [4.69, 9.17) is 11.5 Å². The number of hydrogen-bond donors (Lipinski definition) is 23. The number of carbonyl (C=O) groups excluding carboxylic acids is 19. The molecule has 830 valence electrons. The standard InChI is InChI=1S/C107H164N20O23/c1-62(2)52-83(119-72(13)129)101(146)123-96(71(12)128)104(149)121-85(55-73-30-24-23-25-31-73)103(148)125-107(15)48-29-22-20-18-16-17-19-21-28-47-106(14,93(138)59-113-67(8)89(134)45-50-111-65(6)87(132)41-40-86(131)64(5)110-49-44-88(133)66(7)112-51-46-90(135)68(9)115-60-117-70(11)99(109)144)124-102(147)84(53-63(3)4)120-100(145)80(38-42-94(108)139)118-61-116-69(10)91(136)57-92(137)81(56-75-58-114-78-33-27-26-32-77(75)78)126-127-82(54-74-34-36-76(130)37-35-74)98(143)97(142)79(122-105(107)150)39-43-95(140)141/h17,19,23-27,30-37,58,62-71,79-85,96,110-118,126-128,130H,16,18,20-22,28-29,38-57,59-61H2,1-15H3,(H2,108,139)(H2,109,144)(H,119,129)(H,120,145)(H,121,149)(H,122,150)(H,123,146)(H,124,147)(H,125,148)(H,140,141)/b19-17+/t64-,65-,66-,67-,68-,69-,70+,71+,79-,80-,81-,82-,83-,84-,85-,96-,106-,107+/m0/s1. The second-order valence-electron chi connectivity index (χ2n) is 40.6. The number of benzene rings is 3. The van der Waals surface area contributed by atoms with Crippen LogP contribution in [0.25, 0.3) is 10.9 Å². The van der Waals surface area contributed by atoms with E-state index in [1.807, 2.05) is 26.0 Å². The molecule has 5 rings (SSSR count). The van der Waals surface area contributed by atoms with Gasteiger partial charge in [0.15, 0.2) is 34.7 Å². The maximum Gasteiger partial charge on any atom is 0.303 e. The first-order chi connectivity index (χ1) is 70.8. The average molecular weight is 2100 g/mol. The number of carboxylic acids is 1. The lowest BCUT2D eigenvalue weighted by Crippen LogP contribution is -2.65. The number of Topliss-reactive ketones (excluding diaryl/α,β-unsaturated/α-hetero) is 10. The Labute approximate surface area is 878 Å². The summed E-state index contributed by atoms with van der Waals surface area (Å²) in [5.41, 5.74) is 15.0. The quantitative estimate of drug-likeness (QED) is 0.0130. The zero-order valence-corrected chi connectivity index (χ0v) is 89.5. The van der Waals surface area contributed by atoms with Crippen LogP contribution in [-0.4, -0.2) is 285 Å². The Morgan fingerprint density at radius 2 is 1.05 bits per heavy atom. The molecule has 25 N–H and O–H groups in total. The van der Waals surface area contributed by atoms with Crippen molar-refractivity contribution in [2.24, 2.45) is 23.3 Å². The molecule has 2 heterocycles. The smallest absolute Gasteiger partial charge is 0.303 e. The van der Waals surface area contributed by atoms with Crippen LogP contribution >= 0.6 is 0 Å². The topological polar surface area (TPSA) is 674 Å². The number of allylic oxidation sites excluding steroid dienone is 2. The number of rotatable bonds is 53. The van der Waals surface area contributed by atoms with Gasteiger partial charge in [-0.1, -0.05) is 120 Å². The number of nitrogens with one attached hydrogen (secondary N) is 18. The van der Waals surface area contributed by atoms with Gasteiger partial charge in [0.2, 0.25) is 64.7 Å². The van der Waals surface area contributed by atoms with E-state index in [0.29, 0.717) is 66.1 Å². The first kappa shape index (κ1) is 128. The van der Waals surface area contributed by atoms with Crippen LogP contribution in [0, 0.1) is 11.8 Å². The van der Waals surface area contributed by atoms with Crippen molar-refractivity contribution in [3.8, 4) is 5.75 Å². The molecular formula is C107H164N20O23. The van der Waals surface area contributed by atoms with Gasteiger partial charge in [-0.05, 0) is 193 Å². The first-order valence-electron chi connectivity index (χ1n) is 52.1. The molecule has 0 aliphatic carbocycles. The number of aromatic hydroxyl groups is 1. The SMILES string of the molecule is CC(=O)N[C@@H](CC(C)C)C(=O)N[C@H](C(=O)N[C@@H](Cc1ccccc1)C(=O)N[C@]1(C)CCCCCC/C=C/CCC[C@@](C)(C(=O)CN[C@@H](C)C(=O)CCN[C@@H](C)C(=O)CCC(=O)[C@H](C)NCCC(=O)[C@H](C)NCCC(=O)[C@H](C)NCN[C@H](C)C(N)=O)NC(=O)[C@H](CC(C)C)NC(=O)[C@H](CCC(N)=O)NCN[C@@H](C)C(=O)CC(=O)[C@H](Cc2c[nH]c3ccccc23)NN[C@@H](Cc2ccc(O)cc2)C(=O)C(=O)[C@H](CCC(=O)O)NC1=O)[C@@H](C)O. The van der Waals surface area contributed by atoms with Crippen LogP contribution in [0.2, 0.25) is 0 Å². The summed E-state index contributed by atoms with van der Waals surface area (Å²) in [6.07, 6.45) is 3.01. The molecule has 0 unspecified atom stereocenters. The third-order valence-corrected chi connectivity index (χ3v) is 26.7. The highest BCUT2D eigenvalue weighted by Crippen LogP contribution is 2.25. The van der Waals surface area contributed by atoms with Gasteiger partial charge < -0.3 is 90.3 Å². The molecule has 3 aromatic carbocycles. The van der Waals surface area contributed by atoms with Gasteiger partial charge in [0, 0.05) is 108 Å². The van der Waals surface area contributed by atoms with E-state index in [9.17, 15) is 82.4 Å². The van der Waals surface area contributed by atoms with Crippen LogP contribution in [0.4, 0.5) is 0 Å². The van der Waals surface area contributed by atoms with E-state index in [1.165, 1.54) is 58.9 Å². The van der Waals surface area contributed by atoms with Crippen LogP contribution < -0.4 is 102 Å². The van der Waals surface area contributed by atoms with Gasteiger partial charge in [-0.3, -0.25) is 117 Å². The minimum atomic E-state index is -2.09. The summed E-state index contributed by atoms with van der Waals surface area (Å²) < 4.78 is 0. The Kier molecular flexibility index (Phi) is 56.2. The summed E-state index contributed by atoms with van der Waals surface area (Å²) in [5, 5.41) is 75.4. The number of H-pyrrole nitrogens is 1. The van der Waals surface area contributed by atoms with Gasteiger partial charge in [0.25, 0.3) is 0 Å². The predicted molar refractivity (Wildman–Crippen MR) is 564 cm³/mol. The van der Waals surface area contributed by atoms with Gasteiger partial charge in [-0.15, -0.1) is 0 Å². The van der Waals surface area contributed by atoms with Crippen molar-refractivity contribution in [2.75, 3.05) is 39.5 Å². The molecule has 0 spiro atoms. The number of amides is 9. The number of para-hydroxylation sites is 1. The molecule has 43 heteroatoms. The van der Waals surface area contributed by atoms with Crippen molar-refractivity contribution in [2.45, 2.75) is 366 Å². The molecule has 1 aliphatic rings. The number of aliphatic hydroxyl groups is 1. The van der Waals surface area contributed by atoms with Crippen LogP contribution in [-0.2, 0) is 115 Å². The second-order valence-corrected chi connectivity index (χ2v) is 40.6. The molecule has 1 aliphatic heterocycles. The molecule has 4 aromatic rings. The van der Waals surface area contributed by atoms with E-state index in [1.54, 1.807) is 116 Å². The number of fused-ring (bicyclic) bond motifs is 1. The summed E-state index contributed by atoms with van der Waals surface area (Å²) in [4.78, 5) is 282. The van der Waals surface area contributed by atoms with Crippen LogP contribution in [0.1, 0.15) is 255 Å². The fraction of sp³-hybridized carbons (Fsp3) is 0.607. The largest absolute Gasteiger partial charge is 0.508 e. The first-order valence-corrected chi connectivity index (χ1v) is 52.1. The van der Waals surface area contributed by atoms with Gasteiger partial charge in [0.1, 0.15) is 47.0 Å². The normalized spacial score (nSPS) is 21.6. The molecule has 0 bridgehead atoms. The Bertz CT molecular complexity index is 5210. The van der Waals surface area contributed by atoms with E-state index in [-0.39, 0.29) is 176 Å². The number of hydrogen-bond acceptors (Lipinski definition) is 32. The summed E-state index contributed by atoms with van der Waals surface area (Å²) in [6, 6.07) is 3.76. The zero-order chi connectivity index (χ0) is 112. The lowest BCUT2D eigenvalue weighted by atomic mass is 9.88. The third kappa shape index (κ3) is 46.3. The number of aliphatic carboxylic acids is 1. The Hall–Kier alpha value is -12.3. The molecule has 0 saturated carbocycles. The second kappa shape index (κ2) is 65.7. The fourth-order valence-electron chi connectivity index (χ4n) is 16.8. The summed E-state index contributed by atoms with van der Waals surface area (Å²) in [7, 11) is 0.